The number of hydrogen-bond acceptors (Lipinski definition) is 4. The third kappa shape index (κ3) is 5.44. The van der Waals surface area contributed by atoms with Crippen LogP contribution in [0.25, 0.3) is 0 Å². The van der Waals surface area contributed by atoms with Gasteiger partial charge in [0.15, 0.2) is 6.04 Å². The van der Waals surface area contributed by atoms with E-state index in [9.17, 15) is 9.59 Å². The normalized spacial score (nSPS) is 18.8. The van der Waals surface area contributed by atoms with Crippen molar-refractivity contribution in [1.29, 1.82) is 0 Å². The first-order chi connectivity index (χ1) is 9.06. The summed E-state index contributed by atoms with van der Waals surface area (Å²) in [5.41, 5.74) is 0. The fraction of sp³-hybridized carbons (Fsp3) is 0.833. The number of carboxylic acid groups (broad SMARTS) is 1. The minimum atomic E-state index is -1.25. The van der Waals surface area contributed by atoms with Gasteiger partial charge in [-0.3, -0.25) is 0 Å². The van der Waals surface area contributed by atoms with Crippen LogP contribution in [0, 0.1) is 5.92 Å². The molecule has 0 unspecified atom stereocenters. The summed E-state index contributed by atoms with van der Waals surface area (Å²) in [6.07, 6.45) is 2.08. The van der Waals surface area contributed by atoms with Gasteiger partial charge in [-0.15, -0.1) is 0 Å². The maximum absolute atomic E-state index is 11.5. The summed E-state index contributed by atoms with van der Waals surface area (Å²) >= 11 is 0. The van der Waals surface area contributed by atoms with Crippen molar-refractivity contribution in [3.8, 4) is 0 Å². The van der Waals surface area contributed by atoms with Crippen LogP contribution >= 0.6 is 0 Å². The second-order valence-corrected chi connectivity index (χ2v) is 4.81. The number of piperidine rings is 1. The lowest BCUT2D eigenvalue weighted by Crippen LogP contribution is -2.49. The van der Waals surface area contributed by atoms with Crippen molar-refractivity contribution in [2.45, 2.75) is 25.8 Å². The third-order valence-corrected chi connectivity index (χ3v) is 3.49. The maximum atomic E-state index is 11.5. The van der Waals surface area contributed by atoms with E-state index in [1.807, 2.05) is 0 Å². The number of aliphatic hydroxyl groups is 1. The first kappa shape index (κ1) is 15.7. The van der Waals surface area contributed by atoms with Crippen molar-refractivity contribution < 1.29 is 19.8 Å². The molecule has 0 spiro atoms. The van der Waals surface area contributed by atoms with Crippen LogP contribution in [0.4, 0.5) is 4.79 Å². The highest BCUT2D eigenvalue weighted by Gasteiger charge is 2.21. The van der Waals surface area contributed by atoms with Crippen LogP contribution in [0.3, 0.4) is 0 Å². The summed E-state index contributed by atoms with van der Waals surface area (Å²) in [6.45, 7) is 5.20. The number of carbonyl (C=O) groups is 2. The zero-order chi connectivity index (χ0) is 14.3. The van der Waals surface area contributed by atoms with Crippen molar-refractivity contribution >= 4 is 12.0 Å². The van der Waals surface area contributed by atoms with Crippen molar-refractivity contribution in [3.63, 3.8) is 0 Å². The second-order valence-electron chi connectivity index (χ2n) is 4.81. The number of nitrogens with zero attached hydrogens (tertiary/aromatic N) is 1. The number of aliphatic hydroxyl groups excluding tert-OH is 1. The minimum absolute atomic E-state index is 0.436. The van der Waals surface area contributed by atoms with Gasteiger partial charge in [-0.25, -0.2) is 9.59 Å². The molecule has 0 radical (unpaired) electrons. The molecule has 0 aliphatic carbocycles. The van der Waals surface area contributed by atoms with Gasteiger partial charge < -0.3 is 25.7 Å². The Morgan fingerprint density at radius 1 is 1.37 bits per heavy atom. The highest BCUT2D eigenvalue weighted by Crippen LogP contribution is 2.15. The Labute approximate surface area is 113 Å². The van der Waals surface area contributed by atoms with Gasteiger partial charge in [-0.05, 0) is 38.4 Å². The molecule has 0 bridgehead atoms. The molecule has 1 heterocycles. The predicted octanol–water partition coefficient (Wildman–Crippen LogP) is -0.537. The number of nitrogens with one attached hydrogen (secondary N) is 2. The molecule has 1 atom stereocenters. The van der Waals surface area contributed by atoms with Gasteiger partial charge in [-0.1, -0.05) is 6.92 Å². The van der Waals surface area contributed by atoms with Gasteiger partial charge in [0.2, 0.25) is 0 Å². The molecule has 19 heavy (non-hydrogen) atoms. The Morgan fingerprint density at radius 3 is 2.47 bits per heavy atom. The molecule has 0 aromatic heterocycles. The van der Waals surface area contributed by atoms with Crippen molar-refractivity contribution in [1.82, 2.24) is 15.5 Å². The van der Waals surface area contributed by atoms with Crippen LogP contribution in [-0.2, 0) is 4.79 Å². The Morgan fingerprint density at radius 2 is 2.00 bits per heavy atom. The highest BCUT2D eigenvalue weighted by atomic mass is 16.4. The van der Waals surface area contributed by atoms with E-state index >= 15 is 0 Å². The fourth-order valence-electron chi connectivity index (χ4n) is 2.14. The van der Waals surface area contributed by atoms with Crippen molar-refractivity contribution in [3.05, 3.63) is 0 Å². The molecule has 1 fully saturated rings. The molecule has 2 amide bonds. The quantitative estimate of drug-likeness (QED) is 0.521. The molecule has 0 aromatic carbocycles. The van der Waals surface area contributed by atoms with E-state index in [-0.39, 0.29) is 0 Å². The van der Waals surface area contributed by atoms with Crippen LogP contribution < -0.4 is 10.6 Å². The number of hydrogen-bond donors (Lipinski definition) is 4. The summed E-state index contributed by atoms with van der Waals surface area (Å²) < 4.78 is 0. The van der Waals surface area contributed by atoms with Crippen LogP contribution in [0.15, 0.2) is 0 Å². The molecule has 4 N–H and O–H groups in total. The van der Waals surface area contributed by atoms with E-state index in [0.717, 1.165) is 32.5 Å². The average Bonchev–Trinajstić information content (AvgIpc) is 2.42. The number of amides is 2. The monoisotopic (exact) mass is 273 g/mol. The van der Waals surface area contributed by atoms with Gasteiger partial charge >= 0.3 is 12.0 Å². The van der Waals surface area contributed by atoms with E-state index in [4.69, 9.17) is 10.2 Å². The van der Waals surface area contributed by atoms with Gasteiger partial charge in [0.05, 0.1) is 6.61 Å². The molecular formula is C12H23N3O4. The first-order valence-corrected chi connectivity index (χ1v) is 6.67. The molecule has 7 heteroatoms. The predicted molar refractivity (Wildman–Crippen MR) is 69.9 cm³/mol. The molecule has 7 nitrogen and oxygen atoms in total. The second kappa shape index (κ2) is 7.96. The third-order valence-electron chi connectivity index (χ3n) is 3.49. The minimum Gasteiger partial charge on any atom is -0.480 e. The van der Waals surface area contributed by atoms with E-state index in [0.29, 0.717) is 12.5 Å². The van der Waals surface area contributed by atoms with E-state index in [2.05, 4.69) is 22.5 Å². The SMILES string of the molecule is CCN1CCC(CNC(=O)N[C@H](CO)C(=O)O)CC1. The molecule has 0 aromatic rings. The number of likely N-dealkylation sites (tertiary alicyclic amines) is 1. The van der Waals surface area contributed by atoms with Crippen LogP contribution in [0.2, 0.25) is 0 Å². The maximum Gasteiger partial charge on any atom is 0.328 e. The van der Waals surface area contributed by atoms with Gasteiger partial charge in [-0.2, -0.15) is 0 Å². The van der Waals surface area contributed by atoms with E-state index < -0.39 is 24.6 Å². The number of urea groups is 1. The summed E-state index contributed by atoms with van der Waals surface area (Å²) in [5.74, 6) is -0.806. The van der Waals surface area contributed by atoms with Gasteiger partial charge in [0.25, 0.3) is 0 Å². The molecular weight excluding hydrogens is 250 g/mol. The van der Waals surface area contributed by atoms with Crippen molar-refractivity contribution in [2.24, 2.45) is 5.92 Å². The lowest BCUT2D eigenvalue weighted by Gasteiger charge is -2.31. The smallest absolute Gasteiger partial charge is 0.328 e. The summed E-state index contributed by atoms with van der Waals surface area (Å²) in [4.78, 5) is 24.5. The Bertz CT molecular complexity index is 303. The van der Waals surface area contributed by atoms with Gasteiger partial charge in [0, 0.05) is 6.54 Å². The summed E-state index contributed by atoms with van der Waals surface area (Å²) in [7, 11) is 0. The number of rotatable bonds is 6. The van der Waals surface area contributed by atoms with Crippen LogP contribution in [0.5, 0.6) is 0 Å². The van der Waals surface area contributed by atoms with E-state index in [1.54, 1.807) is 0 Å². The largest absolute Gasteiger partial charge is 0.480 e. The van der Waals surface area contributed by atoms with Crippen LogP contribution in [-0.4, -0.2) is 65.9 Å². The lowest BCUT2D eigenvalue weighted by molar-refractivity contribution is -0.140. The fourth-order valence-corrected chi connectivity index (χ4v) is 2.14. The zero-order valence-electron chi connectivity index (χ0n) is 11.3. The van der Waals surface area contributed by atoms with Crippen LogP contribution in [0.1, 0.15) is 19.8 Å². The standard InChI is InChI=1S/C12H23N3O4/c1-2-15-5-3-9(4-6-15)7-13-12(19)14-10(8-16)11(17)18/h9-10,16H,2-8H2,1H3,(H,17,18)(H2,13,14,19)/t10-/m1/s1. The molecule has 1 saturated heterocycles. The molecule has 1 rings (SSSR count). The highest BCUT2D eigenvalue weighted by molar-refractivity contribution is 5.82. The summed E-state index contributed by atoms with van der Waals surface area (Å²) in [6, 6.07) is -1.79. The first-order valence-electron chi connectivity index (χ1n) is 6.67. The topological polar surface area (TPSA) is 102 Å². The number of carboxylic acids is 1. The molecule has 110 valence electrons. The van der Waals surface area contributed by atoms with Gasteiger partial charge in [0.1, 0.15) is 0 Å². The Balaban J connectivity index is 2.22. The Kier molecular flexibility index (Phi) is 6.58. The summed E-state index contributed by atoms with van der Waals surface area (Å²) in [5, 5.41) is 22.4. The van der Waals surface area contributed by atoms with E-state index in [1.165, 1.54) is 0 Å². The molecule has 0 saturated carbocycles. The lowest BCUT2D eigenvalue weighted by atomic mass is 9.97. The molecule has 1 aliphatic heterocycles. The number of aliphatic carboxylic acids is 1. The van der Waals surface area contributed by atoms with Crippen molar-refractivity contribution in [2.75, 3.05) is 32.8 Å². The molecule has 1 aliphatic rings. The number of carbonyl (C=O) groups excluding carboxylic acids is 1. The average molecular weight is 273 g/mol. The zero-order valence-corrected chi connectivity index (χ0v) is 11.3. The Hall–Kier alpha value is -1.34.